The summed E-state index contributed by atoms with van der Waals surface area (Å²) in [5.41, 5.74) is 0. The smallest absolute Gasteiger partial charge is 0.140 e. The quantitative estimate of drug-likeness (QED) is 0.724. The molecule has 19 heavy (non-hydrogen) atoms. The van der Waals surface area contributed by atoms with Crippen LogP contribution in [0.4, 0.5) is 0 Å². The van der Waals surface area contributed by atoms with Crippen LogP contribution >= 0.6 is 0 Å². The molecular weight excluding hydrogens is 238 g/mol. The van der Waals surface area contributed by atoms with Gasteiger partial charge in [-0.05, 0) is 51.4 Å². The summed E-state index contributed by atoms with van der Waals surface area (Å²) >= 11 is 0. The molecule has 0 aromatic carbocycles. The second kappa shape index (κ2) is 7.60. The van der Waals surface area contributed by atoms with Gasteiger partial charge in [0.05, 0.1) is 6.54 Å². The monoisotopic (exact) mass is 265 g/mol. The van der Waals surface area contributed by atoms with Gasteiger partial charge in [0.15, 0.2) is 0 Å². The first-order valence-corrected chi connectivity index (χ1v) is 7.55. The van der Waals surface area contributed by atoms with Gasteiger partial charge in [-0.15, -0.1) is 0 Å². The normalized spacial score (nSPS) is 16.6. The van der Waals surface area contributed by atoms with Crippen molar-refractivity contribution in [3.8, 4) is 0 Å². The summed E-state index contributed by atoms with van der Waals surface area (Å²) < 4.78 is 2.01. The van der Waals surface area contributed by atoms with Gasteiger partial charge in [-0.3, -0.25) is 0 Å². The predicted octanol–water partition coefficient (Wildman–Crippen LogP) is 1.51. The summed E-state index contributed by atoms with van der Waals surface area (Å²) in [4.78, 5) is 6.88. The van der Waals surface area contributed by atoms with Crippen LogP contribution in [0.2, 0.25) is 0 Å². The molecule has 2 heterocycles. The molecular formula is C14H27N5. The highest BCUT2D eigenvalue weighted by Gasteiger charge is 2.10. The number of likely N-dealkylation sites (tertiary alicyclic amines) is 1. The van der Waals surface area contributed by atoms with Crippen LogP contribution in [0.1, 0.15) is 38.9 Å². The fourth-order valence-electron chi connectivity index (χ4n) is 2.56. The molecule has 1 aromatic rings. The predicted molar refractivity (Wildman–Crippen MR) is 76.9 cm³/mol. The van der Waals surface area contributed by atoms with Crippen molar-refractivity contribution in [2.45, 2.75) is 46.2 Å². The molecule has 1 N–H and O–H groups in total. The summed E-state index contributed by atoms with van der Waals surface area (Å²) in [6, 6.07) is 0. The van der Waals surface area contributed by atoms with Crippen LogP contribution in [-0.4, -0.2) is 45.8 Å². The van der Waals surface area contributed by atoms with E-state index in [9.17, 15) is 0 Å². The highest BCUT2D eigenvalue weighted by atomic mass is 15.3. The Kier molecular flexibility index (Phi) is 5.79. The zero-order valence-electron chi connectivity index (χ0n) is 12.3. The van der Waals surface area contributed by atoms with E-state index in [1.165, 1.54) is 38.9 Å². The first-order valence-electron chi connectivity index (χ1n) is 7.55. The Hall–Kier alpha value is -0.940. The maximum absolute atomic E-state index is 4.32. The van der Waals surface area contributed by atoms with Crippen molar-refractivity contribution in [1.82, 2.24) is 25.0 Å². The van der Waals surface area contributed by atoms with Crippen LogP contribution in [0.25, 0.3) is 0 Å². The van der Waals surface area contributed by atoms with E-state index >= 15 is 0 Å². The highest BCUT2D eigenvalue weighted by molar-refractivity contribution is 4.84. The third kappa shape index (κ3) is 4.91. The van der Waals surface area contributed by atoms with Crippen molar-refractivity contribution >= 4 is 0 Å². The number of aromatic nitrogens is 3. The zero-order valence-corrected chi connectivity index (χ0v) is 12.3. The van der Waals surface area contributed by atoms with E-state index < -0.39 is 0 Å². The SMILES string of the molecule is CC(C)Cn1ncnc1CNCCCN1CCCC1. The molecule has 1 aliphatic heterocycles. The number of hydrogen-bond acceptors (Lipinski definition) is 4. The van der Waals surface area contributed by atoms with Crippen LogP contribution in [0, 0.1) is 5.92 Å². The lowest BCUT2D eigenvalue weighted by atomic mass is 10.2. The maximum Gasteiger partial charge on any atom is 0.140 e. The Morgan fingerprint density at radius 3 is 2.84 bits per heavy atom. The molecule has 5 nitrogen and oxygen atoms in total. The van der Waals surface area contributed by atoms with Crippen molar-refractivity contribution in [1.29, 1.82) is 0 Å². The Morgan fingerprint density at radius 2 is 2.11 bits per heavy atom. The summed E-state index contributed by atoms with van der Waals surface area (Å²) in [5, 5.41) is 7.75. The van der Waals surface area contributed by atoms with E-state index in [4.69, 9.17) is 0 Å². The van der Waals surface area contributed by atoms with Gasteiger partial charge in [0.25, 0.3) is 0 Å². The molecule has 5 heteroatoms. The fourth-order valence-corrected chi connectivity index (χ4v) is 2.56. The Morgan fingerprint density at radius 1 is 1.32 bits per heavy atom. The molecule has 0 bridgehead atoms. The van der Waals surface area contributed by atoms with Crippen LogP contribution in [0.3, 0.4) is 0 Å². The topological polar surface area (TPSA) is 46.0 Å². The van der Waals surface area contributed by atoms with E-state index in [1.54, 1.807) is 6.33 Å². The van der Waals surface area contributed by atoms with Gasteiger partial charge in [-0.2, -0.15) is 5.10 Å². The van der Waals surface area contributed by atoms with Gasteiger partial charge in [-0.1, -0.05) is 13.8 Å². The molecule has 0 amide bonds. The van der Waals surface area contributed by atoms with Crippen LogP contribution in [-0.2, 0) is 13.1 Å². The number of hydrogen-bond donors (Lipinski definition) is 1. The Balaban J connectivity index is 1.61. The molecule has 0 aliphatic carbocycles. The summed E-state index contributed by atoms with van der Waals surface area (Å²) in [6.07, 6.45) is 5.64. The highest BCUT2D eigenvalue weighted by Crippen LogP contribution is 2.07. The summed E-state index contributed by atoms with van der Waals surface area (Å²) in [7, 11) is 0. The van der Waals surface area contributed by atoms with Crippen molar-refractivity contribution < 1.29 is 0 Å². The second-order valence-corrected chi connectivity index (χ2v) is 5.83. The summed E-state index contributed by atoms with van der Waals surface area (Å²) in [6.45, 7) is 11.1. The first kappa shape index (κ1) is 14.5. The third-order valence-electron chi connectivity index (χ3n) is 3.54. The lowest BCUT2D eigenvalue weighted by molar-refractivity contribution is 0.330. The fraction of sp³-hybridized carbons (Fsp3) is 0.857. The van der Waals surface area contributed by atoms with Gasteiger partial charge >= 0.3 is 0 Å². The zero-order chi connectivity index (χ0) is 13.5. The summed E-state index contributed by atoms with van der Waals surface area (Å²) in [5.74, 6) is 1.66. The molecule has 0 saturated carbocycles. The molecule has 1 fully saturated rings. The molecule has 0 spiro atoms. The minimum Gasteiger partial charge on any atom is -0.310 e. The van der Waals surface area contributed by atoms with Crippen molar-refractivity contribution in [2.75, 3.05) is 26.2 Å². The molecule has 108 valence electrons. The van der Waals surface area contributed by atoms with Gasteiger partial charge in [0.2, 0.25) is 0 Å². The number of rotatable bonds is 8. The average Bonchev–Trinajstić information content (AvgIpc) is 3.00. The molecule has 1 aromatic heterocycles. The van der Waals surface area contributed by atoms with E-state index in [0.717, 1.165) is 25.5 Å². The van der Waals surface area contributed by atoms with E-state index in [1.807, 2.05) is 4.68 Å². The minimum atomic E-state index is 0.607. The van der Waals surface area contributed by atoms with Crippen molar-refractivity contribution in [3.63, 3.8) is 0 Å². The minimum absolute atomic E-state index is 0.607. The number of nitrogens with zero attached hydrogens (tertiary/aromatic N) is 4. The standard InChI is InChI=1S/C14H27N5/c1-13(2)11-19-14(16-12-17-19)10-15-6-5-9-18-7-3-4-8-18/h12-13,15H,3-11H2,1-2H3. The second-order valence-electron chi connectivity index (χ2n) is 5.83. The molecule has 2 rings (SSSR count). The lowest BCUT2D eigenvalue weighted by Crippen LogP contribution is -2.25. The van der Waals surface area contributed by atoms with Crippen LogP contribution < -0.4 is 5.32 Å². The van der Waals surface area contributed by atoms with Gasteiger partial charge in [0.1, 0.15) is 12.2 Å². The number of nitrogens with one attached hydrogen (secondary N) is 1. The van der Waals surface area contributed by atoms with E-state index in [0.29, 0.717) is 5.92 Å². The van der Waals surface area contributed by atoms with Crippen LogP contribution in [0.15, 0.2) is 6.33 Å². The van der Waals surface area contributed by atoms with Gasteiger partial charge in [0, 0.05) is 6.54 Å². The van der Waals surface area contributed by atoms with E-state index in [2.05, 4.69) is 34.1 Å². The molecule has 1 aliphatic rings. The largest absolute Gasteiger partial charge is 0.310 e. The van der Waals surface area contributed by atoms with Crippen LogP contribution in [0.5, 0.6) is 0 Å². The third-order valence-corrected chi connectivity index (χ3v) is 3.54. The molecule has 0 unspecified atom stereocenters. The first-order chi connectivity index (χ1) is 9.25. The maximum atomic E-state index is 4.32. The van der Waals surface area contributed by atoms with Crippen molar-refractivity contribution in [2.24, 2.45) is 5.92 Å². The Bertz CT molecular complexity index is 354. The molecule has 0 atom stereocenters. The van der Waals surface area contributed by atoms with Gasteiger partial charge in [-0.25, -0.2) is 9.67 Å². The van der Waals surface area contributed by atoms with E-state index in [-0.39, 0.29) is 0 Å². The lowest BCUT2D eigenvalue weighted by Gasteiger charge is -2.14. The molecule has 1 saturated heterocycles. The Labute approximate surface area is 116 Å². The van der Waals surface area contributed by atoms with Crippen molar-refractivity contribution in [3.05, 3.63) is 12.2 Å². The van der Waals surface area contributed by atoms with Gasteiger partial charge < -0.3 is 10.2 Å². The molecule has 0 radical (unpaired) electrons. The average molecular weight is 265 g/mol.